The zero-order chi connectivity index (χ0) is 15.1. The van der Waals surface area contributed by atoms with E-state index >= 15 is 0 Å². The molecule has 0 saturated carbocycles. The molecular weight excluding hydrogens is 346 g/mol. The van der Waals surface area contributed by atoms with Crippen LogP contribution in [0.2, 0.25) is 5.02 Å². The van der Waals surface area contributed by atoms with E-state index in [1.807, 2.05) is 12.1 Å². The summed E-state index contributed by atoms with van der Waals surface area (Å²) in [6.45, 7) is 2.23. The van der Waals surface area contributed by atoms with E-state index in [1.165, 1.54) is 24.8 Å². The molecule has 1 nitrogen and oxygen atoms in total. The highest BCUT2D eigenvalue weighted by molar-refractivity contribution is 9.10. The number of nitrogens with one attached hydrogen (secondary N) is 1. The van der Waals surface area contributed by atoms with Crippen LogP contribution in [0.25, 0.3) is 0 Å². The van der Waals surface area contributed by atoms with Crippen molar-refractivity contribution < 1.29 is 0 Å². The number of rotatable bonds is 7. The molecule has 2 aromatic carbocycles. The first kappa shape index (κ1) is 16.4. The number of unbranched alkanes of at least 4 members (excludes halogenated alkanes) is 2. The van der Waals surface area contributed by atoms with Gasteiger partial charge in [-0.1, -0.05) is 74.2 Å². The van der Waals surface area contributed by atoms with Crippen molar-refractivity contribution in [2.45, 2.75) is 38.6 Å². The van der Waals surface area contributed by atoms with Gasteiger partial charge in [0.1, 0.15) is 0 Å². The molecule has 112 valence electrons. The first-order chi connectivity index (χ1) is 10.2. The van der Waals surface area contributed by atoms with E-state index in [9.17, 15) is 0 Å². The lowest BCUT2D eigenvalue weighted by Gasteiger charge is -2.21. The SMILES string of the molecule is CCCCCC(Nc1cccc(Cl)c1Br)c1ccccc1. The minimum Gasteiger partial charge on any atom is -0.377 e. The largest absolute Gasteiger partial charge is 0.377 e. The van der Waals surface area contributed by atoms with Crippen molar-refractivity contribution in [3.05, 3.63) is 63.6 Å². The Morgan fingerprint density at radius 3 is 2.52 bits per heavy atom. The molecule has 21 heavy (non-hydrogen) atoms. The van der Waals surface area contributed by atoms with Gasteiger partial charge in [0, 0.05) is 0 Å². The highest BCUT2D eigenvalue weighted by Gasteiger charge is 2.13. The van der Waals surface area contributed by atoms with E-state index in [0.717, 1.165) is 21.6 Å². The molecule has 0 bridgehead atoms. The van der Waals surface area contributed by atoms with E-state index in [0.29, 0.717) is 6.04 Å². The van der Waals surface area contributed by atoms with Crippen LogP contribution < -0.4 is 5.32 Å². The molecule has 2 rings (SSSR count). The summed E-state index contributed by atoms with van der Waals surface area (Å²) >= 11 is 9.75. The van der Waals surface area contributed by atoms with Gasteiger partial charge in [0.05, 0.1) is 21.2 Å². The molecule has 0 aromatic heterocycles. The fraction of sp³-hybridized carbons (Fsp3) is 0.333. The second kappa shape index (κ2) is 8.45. The lowest BCUT2D eigenvalue weighted by molar-refractivity contribution is 0.606. The zero-order valence-corrected chi connectivity index (χ0v) is 14.6. The van der Waals surface area contributed by atoms with Gasteiger partial charge in [-0.25, -0.2) is 0 Å². The predicted molar refractivity (Wildman–Crippen MR) is 96.1 cm³/mol. The predicted octanol–water partition coefficient (Wildman–Crippen LogP) is 6.84. The molecule has 0 fully saturated rings. The minimum absolute atomic E-state index is 0.313. The third-order valence-corrected chi connectivity index (χ3v) is 4.98. The highest BCUT2D eigenvalue weighted by atomic mass is 79.9. The number of benzene rings is 2. The molecule has 0 amide bonds. The summed E-state index contributed by atoms with van der Waals surface area (Å²) in [4.78, 5) is 0. The monoisotopic (exact) mass is 365 g/mol. The van der Waals surface area contributed by atoms with E-state index in [4.69, 9.17) is 11.6 Å². The normalized spacial score (nSPS) is 12.1. The average Bonchev–Trinajstić information content (AvgIpc) is 2.51. The van der Waals surface area contributed by atoms with Gasteiger partial charge in [-0.05, 0) is 40.0 Å². The molecule has 1 N–H and O–H groups in total. The molecule has 0 aliphatic rings. The van der Waals surface area contributed by atoms with Gasteiger partial charge in [0.25, 0.3) is 0 Å². The third kappa shape index (κ3) is 4.76. The van der Waals surface area contributed by atoms with Crippen LogP contribution in [0.1, 0.15) is 44.2 Å². The van der Waals surface area contributed by atoms with E-state index < -0.39 is 0 Å². The van der Waals surface area contributed by atoms with Crippen LogP contribution in [0.5, 0.6) is 0 Å². The number of anilines is 1. The molecular formula is C18H21BrClN. The van der Waals surface area contributed by atoms with Crippen molar-refractivity contribution >= 4 is 33.2 Å². The summed E-state index contributed by atoms with van der Waals surface area (Å²) in [5.74, 6) is 0. The molecule has 0 radical (unpaired) electrons. The second-order valence-corrected chi connectivity index (χ2v) is 6.40. The Bertz CT molecular complexity index is 556. The smallest absolute Gasteiger partial charge is 0.0593 e. The zero-order valence-electron chi connectivity index (χ0n) is 12.3. The third-order valence-electron chi connectivity index (χ3n) is 3.58. The fourth-order valence-electron chi connectivity index (χ4n) is 2.41. The van der Waals surface area contributed by atoms with Gasteiger partial charge < -0.3 is 5.32 Å². The molecule has 0 aliphatic heterocycles. The van der Waals surface area contributed by atoms with Crippen LogP contribution in [0.15, 0.2) is 53.0 Å². The van der Waals surface area contributed by atoms with Crippen LogP contribution in [-0.2, 0) is 0 Å². The molecule has 0 aliphatic carbocycles. The van der Waals surface area contributed by atoms with Crippen molar-refractivity contribution in [3.8, 4) is 0 Å². The fourth-order valence-corrected chi connectivity index (χ4v) is 2.96. The van der Waals surface area contributed by atoms with Crippen LogP contribution in [0, 0.1) is 0 Å². The summed E-state index contributed by atoms with van der Waals surface area (Å²) < 4.78 is 0.933. The quantitative estimate of drug-likeness (QED) is 0.529. The summed E-state index contributed by atoms with van der Waals surface area (Å²) in [5.41, 5.74) is 2.37. The van der Waals surface area contributed by atoms with Crippen molar-refractivity contribution in [2.75, 3.05) is 5.32 Å². The lowest BCUT2D eigenvalue weighted by Crippen LogP contribution is -2.11. The molecule has 0 spiro atoms. The minimum atomic E-state index is 0.313. The summed E-state index contributed by atoms with van der Waals surface area (Å²) in [5, 5.41) is 4.37. The van der Waals surface area contributed by atoms with Gasteiger partial charge >= 0.3 is 0 Å². The Labute approximate surface area is 140 Å². The summed E-state index contributed by atoms with van der Waals surface area (Å²) in [6.07, 6.45) is 4.85. The Morgan fingerprint density at radius 2 is 1.81 bits per heavy atom. The number of hydrogen-bond acceptors (Lipinski definition) is 1. The topological polar surface area (TPSA) is 12.0 Å². The van der Waals surface area contributed by atoms with E-state index in [1.54, 1.807) is 0 Å². The Morgan fingerprint density at radius 1 is 1.05 bits per heavy atom. The maximum Gasteiger partial charge on any atom is 0.0593 e. The van der Waals surface area contributed by atoms with Gasteiger partial charge in [-0.15, -0.1) is 0 Å². The Kier molecular flexibility index (Phi) is 6.59. The lowest BCUT2D eigenvalue weighted by atomic mass is 10.00. The van der Waals surface area contributed by atoms with Crippen molar-refractivity contribution in [3.63, 3.8) is 0 Å². The van der Waals surface area contributed by atoms with Crippen molar-refractivity contribution in [1.82, 2.24) is 0 Å². The van der Waals surface area contributed by atoms with Gasteiger partial charge in [-0.2, -0.15) is 0 Å². The first-order valence-electron chi connectivity index (χ1n) is 7.48. The summed E-state index contributed by atoms with van der Waals surface area (Å²) in [6, 6.07) is 16.9. The van der Waals surface area contributed by atoms with Gasteiger partial charge in [0.2, 0.25) is 0 Å². The maximum atomic E-state index is 6.18. The second-order valence-electron chi connectivity index (χ2n) is 5.20. The molecule has 2 aromatic rings. The van der Waals surface area contributed by atoms with Crippen LogP contribution in [0.4, 0.5) is 5.69 Å². The van der Waals surface area contributed by atoms with Gasteiger partial charge in [-0.3, -0.25) is 0 Å². The molecule has 0 saturated heterocycles. The Hall–Kier alpha value is -0.990. The van der Waals surface area contributed by atoms with Crippen LogP contribution >= 0.6 is 27.5 Å². The first-order valence-corrected chi connectivity index (χ1v) is 8.65. The maximum absolute atomic E-state index is 6.18. The summed E-state index contributed by atoms with van der Waals surface area (Å²) in [7, 11) is 0. The molecule has 3 heteroatoms. The van der Waals surface area contributed by atoms with Crippen LogP contribution in [-0.4, -0.2) is 0 Å². The van der Waals surface area contributed by atoms with Crippen molar-refractivity contribution in [2.24, 2.45) is 0 Å². The molecule has 1 atom stereocenters. The van der Waals surface area contributed by atoms with E-state index in [-0.39, 0.29) is 0 Å². The number of hydrogen-bond donors (Lipinski definition) is 1. The Balaban J connectivity index is 2.17. The van der Waals surface area contributed by atoms with E-state index in [2.05, 4.69) is 64.6 Å². The molecule has 0 heterocycles. The van der Waals surface area contributed by atoms with Gasteiger partial charge in [0.15, 0.2) is 0 Å². The highest BCUT2D eigenvalue weighted by Crippen LogP contribution is 2.33. The standard InChI is InChI=1S/C18H21BrClN/c1-2-3-5-12-16(14-9-6-4-7-10-14)21-17-13-8-11-15(20)18(17)19/h4,6-11,13,16,21H,2-3,5,12H2,1H3. The van der Waals surface area contributed by atoms with Crippen molar-refractivity contribution in [1.29, 1.82) is 0 Å². The average molecular weight is 367 g/mol. The van der Waals surface area contributed by atoms with Crippen LogP contribution in [0.3, 0.4) is 0 Å². The number of halogens is 2. The molecule has 1 unspecified atom stereocenters.